The molecule has 4 aromatic rings. The maximum Gasteiger partial charge on any atom is 0.475 e. The summed E-state index contributed by atoms with van der Waals surface area (Å²) in [6.07, 6.45) is -0.318. The van der Waals surface area contributed by atoms with Crippen LogP contribution >= 0.6 is 39.2 Å². The molecule has 7 heterocycles. The lowest BCUT2D eigenvalue weighted by Crippen LogP contribution is -2.33. The summed E-state index contributed by atoms with van der Waals surface area (Å²) >= 11 is 2.06. The molecular weight excluding hydrogens is 867 g/mol. The number of carbonyl (C=O) groups is 2. The van der Waals surface area contributed by atoms with E-state index in [1.807, 2.05) is 0 Å². The summed E-state index contributed by atoms with van der Waals surface area (Å²) in [5.41, 5.74) is 12.3. The van der Waals surface area contributed by atoms with Gasteiger partial charge in [0.25, 0.3) is 0 Å². The van der Waals surface area contributed by atoms with Crippen LogP contribution in [-0.2, 0) is 55.3 Å². The van der Waals surface area contributed by atoms with E-state index in [0.717, 1.165) is 23.5 Å². The van der Waals surface area contributed by atoms with Crippen LogP contribution in [-0.4, -0.2) is 112 Å². The summed E-state index contributed by atoms with van der Waals surface area (Å²) in [7, 11) is -9.01. The zero-order valence-corrected chi connectivity index (χ0v) is 37.2. The fraction of sp³-hybridized carbons (Fsp3) is 0.647. The number of fused-ring (bicyclic) bond motifs is 4. The number of imidazole rings is 2. The highest BCUT2D eigenvalue weighted by Crippen LogP contribution is 2.58. The van der Waals surface area contributed by atoms with E-state index in [4.69, 9.17) is 48.1 Å². The molecule has 4 aromatic heterocycles. The summed E-state index contributed by atoms with van der Waals surface area (Å²) in [6, 6.07) is 0. The summed E-state index contributed by atoms with van der Waals surface area (Å²) in [4.78, 5) is 50.6. The Morgan fingerprint density at radius 3 is 1.47 bits per heavy atom. The third-order valence-corrected chi connectivity index (χ3v) is 14.9. The summed E-state index contributed by atoms with van der Waals surface area (Å²) in [6.45, 7) is 9.52. The Hall–Kier alpha value is -3.12. The number of carbonyl (C=O) groups excluding carboxylic acids is 2. The first-order chi connectivity index (χ1) is 28.3. The lowest BCUT2D eigenvalue weighted by Gasteiger charge is -2.29. The van der Waals surface area contributed by atoms with Gasteiger partial charge in [-0.2, -0.15) is 0 Å². The monoisotopic (exact) mass is 914 g/mol. The molecule has 22 nitrogen and oxygen atoms in total. The number of hydrogen-bond donors (Lipinski definition) is 2. The Kier molecular flexibility index (Phi) is 13.4. The number of anilines is 2. The Labute approximate surface area is 353 Å². The van der Waals surface area contributed by atoms with E-state index in [1.54, 1.807) is 50.7 Å². The zero-order valence-electron chi connectivity index (χ0n) is 33.8. The smallest absolute Gasteiger partial charge is 0.382 e. The molecule has 3 saturated heterocycles. The van der Waals surface area contributed by atoms with Crippen LogP contribution in [0.3, 0.4) is 0 Å². The van der Waals surface area contributed by atoms with Gasteiger partial charge in [0.05, 0.1) is 39.1 Å². The maximum absolute atomic E-state index is 14.7. The topological polar surface area (TPSA) is 281 Å². The molecule has 8 atom stereocenters. The normalized spacial score (nSPS) is 29.2. The minimum Gasteiger partial charge on any atom is -0.382 e. The van der Waals surface area contributed by atoms with Crippen LogP contribution in [0.5, 0.6) is 0 Å². The van der Waals surface area contributed by atoms with Crippen molar-refractivity contribution in [2.75, 3.05) is 49.4 Å². The van der Waals surface area contributed by atoms with Crippen LogP contribution in [0.2, 0.25) is 0 Å². The molecule has 7 rings (SSSR count). The van der Waals surface area contributed by atoms with Crippen molar-refractivity contribution in [3.8, 4) is 0 Å². The lowest BCUT2D eigenvalue weighted by atomic mass is 9.99. The van der Waals surface area contributed by atoms with E-state index in [9.17, 15) is 18.7 Å². The van der Waals surface area contributed by atoms with Crippen LogP contribution in [0, 0.1) is 10.8 Å². The Bertz CT molecular complexity index is 2150. The van der Waals surface area contributed by atoms with Crippen LogP contribution < -0.4 is 11.5 Å². The number of hydrogen-bond acceptors (Lipinski definition) is 22. The number of ether oxygens (including phenoxy) is 2. The molecular formula is C34H48N10O12P2S2. The van der Waals surface area contributed by atoms with Crippen molar-refractivity contribution in [1.29, 1.82) is 0 Å². The number of rotatable bonds is 10. The molecule has 0 radical (unpaired) electrons. The van der Waals surface area contributed by atoms with E-state index < -0.39 is 76.6 Å². The van der Waals surface area contributed by atoms with Gasteiger partial charge in [-0.05, 0) is 0 Å². The average Bonchev–Trinajstić information content (AvgIpc) is 3.98. The molecule has 0 bridgehead atoms. The summed E-state index contributed by atoms with van der Waals surface area (Å²) in [5, 5.41) is -0.164. The second-order valence-electron chi connectivity index (χ2n) is 16.1. The predicted molar refractivity (Wildman–Crippen MR) is 219 cm³/mol. The van der Waals surface area contributed by atoms with Crippen LogP contribution in [0.1, 0.15) is 66.8 Å². The quantitative estimate of drug-likeness (QED) is 0.155. The molecule has 3 aliphatic rings. The van der Waals surface area contributed by atoms with E-state index in [-0.39, 0.29) is 59.4 Å². The van der Waals surface area contributed by atoms with Crippen molar-refractivity contribution < 1.29 is 55.3 Å². The number of nitrogens with zero attached hydrogens (tertiary/aromatic N) is 8. The van der Waals surface area contributed by atoms with Crippen molar-refractivity contribution in [1.82, 2.24) is 39.0 Å². The molecule has 328 valence electrons. The van der Waals surface area contributed by atoms with Crippen molar-refractivity contribution in [3.05, 3.63) is 25.3 Å². The molecule has 0 spiro atoms. The van der Waals surface area contributed by atoms with Crippen LogP contribution in [0.15, 0.2) is 25.3 Å². The van der Waals surface area contributed by atoms with E-state index in [2.05, 4.69) is 29.9 Å². The molecule has 0 saturated carbocycles. The molecule has 60 heavy (non-hydrogen) atoms. The third-order valence-electron chi connectivity index (χ3n) is 9.43. The molecule has 0 aromatic carbocycles. The first-order valence-corrected chi connectivity index (χ1v) is 23.9. The first kappa shape index (κ1) is 44.9. The Morgan fingerprint density at radius 1 is 0.683 bits per heavy atom. The fourth-order valence-corrected chi connectivity index (χ4v) is 10.9. The number of thioether (sulfide) groups is 2. The SMILES string of the molecule is CC(C)(C)C(=O)SCCOP1(=O)OC[C@H]2OC(n3cnc4c(N)ncnc43)C[C@H]2OP(=O)(OCCSC(=O)C(C)(C)C)OC[C@H]2OC(n3cnc4c(N)ncnc43)CC2O1. The number of phosphoric ester groups is 2. The largest absolute Gasteiger partial charge is 0.475 e. The van der Waals surface area contributed by atoms with Crippen molar-refractivity contribution >= 4 is 83.4 Å². The highest BCUT2D eigenvalue weighted by atomic mass is 32.2. The van der Waals surface area contributed by atoms with Gasteiger partial charge in [-0.3, -0.25) is 45.9 Å². The van der Waals surface area contributed by atoms with Gasteiger partial charge < -0.3 is 20.9 Å². The molecule has 3 aliphatic heterocycles. The van der Waals surface area contributed by atoms with Crippen molar-refractivity contribution in [3.63, 3.8) is 0 Å². The fourth-order valence-electron chi connectivity index (χ4n) is 6.28. The molecule has 4 N–H and O–H groups in total. The van der Waals surface area contributed by atoms with E-state index >= 15 is 0 Å². The Morgan fingerprint density at radius 2 is 1.08 bits per heavy atom. The maximum atomic E-state index is 14.7. The average molecular weight is 915 g/mol. The highest BCUT2D eigenvalue weighted by Gasteiger charge is 2.49. The minimum atomic E-state index is -4.50. The van der Waals surface area contributed by atoms with Crippen molar-refractivity contribution in [2.45, 2.75) is 91.3 Å². The molecule has 26 heteroatoms. The molecule has 3 fully saturated rings. The van der Waals surface area contributed by atoms with E-state index in [0.29, 0.717) is 22.3 Å². The molecule has 0 amide bonds. The highest BCUT2D eigenvalue weighted by molar-refractivity contribution is 8.14. The minimum absolute atomic E-state index is 0.0399. The first-order valence-electron chi connectivity index (χ1n) is 19.0. The van der Waals surface area contributed by atoms with Gasteiger partial charge >= 0.3 is 15.6 Å². The van der Waals surface area contributed by atoms with Crippen molar-refractivity contribution in [2.24, 2.45) is 10.8 Å². The molecule has 0 aliphatic carbocycles. The number of phosphoric acid groups is 2. The second kappa shape index (κ2) is 17.9. The second-order valence-corrected chi connectivity index (χ2v) is 21.5. The summed E-state index contributed by atoms with van der Waals surface area (Å²) in [5.74, 6) is 0.613. The van der Waals surface area contributed by atoms with Gasteiger partial charge in [-0.25, -0.2) is 39.0 Å². The third kappa shape index (κ3) is 10.2. The Balaban J connectivity index is 1.18. The van der Waals surface area contributed by atoms with Gasteiger partial charge in [-0.1, -0.05) is 65.1 Å². The lowest BCUT2D eigenvalue weighted by molar-refractivity contribution is -0.118. The standard InChI is InChI=1S/C34H48N10O12P2S2/c1-33(2,3)31(45)59-9-7-49-57(47)51-13-21-20(12-24(53-21)44-18-42-26-28(36)38-16-40-30(26)44)56-58(48,50-8-10-60-32(46)34(4,5)6)52-14-22-19(55-57)11-23(54-22)43-17-41-25-27(35)37-15-39-29(25)43/h15-24H,7-14H2,1-6H3,(H2,35,37,39)(H2,36,38,40)/t19-,20?,21-,22-,23?,24?,57?,58?/m1/s1. The van der Waals surface area contributed by atoms with Crippen LogP contribution in [0.25, 0.3) is 22.3 Å². The predicted octanol–water partition coefficient (Wildman–Crippen LogP) is 5.08. The van der Waals surface area contributed by atoms with Gasteiger partial charge in [0.1, 0.15) is 60.6 Å². The number of nitrogens with two attached hydrogens (primary N) is 2. The van der Waals surface area contributed by atoms with Gasteiger partial charge in [0, 0.05) is 35.2 Å². The number of aromatic nitrogens is 8. The van der Waals surface area contributed by atoms with Gasteiger partial charge in [0.2, 0.25) is 0 Å². The summed E-state index contributed by atoms with van der Waals surface area (Å²) < 4.78 is 81.6. The van der Waals surface area contributed by atoms with Gasteiger partial charge in [-0.15, -0.1) is 0 Å². The van der Waals surface area contributed by atoms with Crippen LogP contribution in [0.4, 0.5) is 11.6 Å². The number of nitrogen functional groups attached to an aromatic ring is 2. The zero-order chi connectivity index (χ0) is 43.0. The van der Waals surface area contributed by atoms with Gasteiger partial charge in [0.15, 0.2) is 33.2 Å². The molecule has 5 unspecified atom stereocenters. The van der Waals surface area contributed by atoms with E-state index in [1.165, 1.54) is 25.3 Å².